The minimum Gasteiger partial charge on any atom is -0.367 e. The van der Waals surface area contributed by atoms with E-state index in [0.717, 1.165) is 6.42 Å². The molecule has 3 unspecified atom stereocenters. The minimum absolute atomic E-state index is 0.0315. The molecule has 9 heteroatoms. The maximum atomic E-state index is 13.9. The lowest BCUT2D eigenvalue weighted by Gasteiger charge is -2.30. The minimum atomic E-state index is -1.06. The van der Waals surface area contributed by atoms with Crippen molar-refractivity contribution in [3.8, 4) is 5.69 Å². The number of imidazole rings is 1. The molecule has 2 fully saturated rings. The standard InChI is InChI=1S/C26H25FN4O4/c27-17-5-3-16(4-6-17)12-21(25(34)30-26-9-1-2-23(26)35-14-22(26)32)20-13-18(31-11-10-29-15-31)7-8-19(20)24(28)33/h3-8,10-11,13,15,21,23H,1-2,9,12,14H2,(H2,28,33)(H,30,34). The van der Waals surface area contributed by atoms with Gasteiger partial charge in [0.25, 0.3) is 0 Å². The first-order valence-corrected chi connectivity index (χ1v) is 11.5. The molecule has 1 saturated heterocycles. The first-order valence-electron chi connectivity index (χ1n) is 11.5. The summed E-state index contributed by atoms with van der Waals surface area (Å²) in [7, 11) is 0. The van der Waals surface area contributed by atoms with Gasteiger partial charge in [0.05, 0.1) is 18.3 Å². The Morgan fingerprint density at radius 1 is 1.26 bits per heavy atom. The van der Waals surface area contributed by atoms with Crippen LogP contribution in [-0.2, 0) is 20.7 Å². The number of nitrogens with two attached hydrogens (primary N) is 1. The average Bonchev–Trinajstić information content (AvgIpc) is 3.58. The molecule has 3 atom stereocenters. The molecule has 2 aliphatic rings. The molecule has 1 aliphatic carbocycles. The molecule has 3 N–H and O–H groups in total. The van der Waals surface area contributed by atoms with Crippen molar-refractivity contribution in [3.63, 3.8) is 0 Å². The predicted molar refractivity (Wildman–Crippen MR) is 124 cm³/mol. The summed E-state index contributed by atoms with van der Waals surface area (Å²) in [5.41, 5.74) is 6.64. The van der Waals surface area contributed by atoms with E-state index in [1.165, 1.54) is 12.1 Å². The van der Waals surface area contributed by atoms with Gasteiger partial charge in [0.1, 0.15) is 18.0 Å². The van der Waals surface area contributed by atoms with Crippen molar-refractivity contribution in [1.82, 2.24) is 14.9 Å². The van der Waals surface area contributed by atoms with E-state index < -0.39 is 29.1 Å². The zero-order chi connectivity index (χ0) is 24.6. The van der Waals surface area contributed by atoms with E-state index in [-0.39, 0.29) is 30.5 Å². The van der Waals surface area contributed by atoms with Crippen LogP contribution in [0.4, 0.5) is 4.39 Å². The highest BCUT2D eigenvalue weighted by atomic mass is 19.1. The highest BCUT2D eigenvalue weighted by Gasteiger charge is 2.55. The highest BCUT2D eigenvalue weighted by molar-refractivity contribution is 6.00. The largest absolute Gasteiger partial charge is 0.367 e. The second-order valence-electron chi connectivity index (χ2n) is 9.06. The topological polar surface area (TPSA) is 116 Å². The Kier molecular flexibility index (Phi) is 5.94. The summed E-state index contributed by atoms with van der Waals surface area (Å²) >= 11 is 0. The normalized spacial score (nSPS) is 22.1. The fourth-order valence-corrected chi connectivity index (χ4v) is 5.18. The van der Waals surface area contributed by atoms with E-state index in [4.69, 9.17) is 10.5 Å². The third-order valence-electron chi connectivity index (χ3n) is 6.99. The van der Waals surface area contributed by atoms with E-state index in [1.54, 1.807) is 53.6 Å². The number of hydrogen-bond acceptors (Lipinski definition) is 5. The van der Waals surface area contributed by atoms with Crippen LogP contribution >= 0.6 is 0 Å². The van der Waals surface area contributed by atoms with Crippen LogP contribution in [0.2, 0.25) is 0 Å². The number of ketones is 1. The number of rotatable bonds is 7. The van der Waals surface area contributed by atoms with Gasteiger partial charge in [-0.15, -0.1) is 0 Å². The fourth-order valence-electron chi connectivity index (χ4n) is 5.18. The maximum Gasteiger partial charge on any atom is 0.249 e. The number of halogens is 1. The summed E-state index contributed by atoms with van der Waals surface area (Å²) in [4.78, 5) is 43.1. The summed E-state index contributed by atoms with van der Waals surface area (Å²) in [6.07, 6.45) is 6.75. The van der Waals surface area contributed by atoms with Crippen LogP contribution in [0.25, 0.3) is 5.69 Å². The summed E-state index contributed by atoms with van der Waals surface area (Å²) in [5.74, 6) is -2.49. The molecule has 2 aromatic carbocycles. The van der Waals surface area contributed by atoms with E-state index >= 15 is 0 Å². The number of primary amides is 1. The molecule has 0 radical (unpaired) electrons. The van der Waals surface area contributed by atoms with Gasteiger partial charge in [-0.05, 0) is 67.1 Å². The number of benzene rings is 2. The van der Waals surface area contributed by atoms with Gasteiger partial charge in [-0.1, -0.05) is 12.1 Å². The predicted octanol–water partition coefficient (Wildman–Crippen LogP) is 2.44. The molecule has 180 valence electrons. The number of aromatic nitrogens is 2. The van der Waals surface area contributed by atoms with Gasteiger partial charge in [-0.25, -0.2) is 9.37 Å². The highest BCUT2D eigenvalue weighted by Crippen LogP contribution is 2.39. The summed E-state index contributed by atoms with van der Waals surface area (Å²) < 4.78 is 20.9. The van der Waals surface area contributed by atoms with E-state index in [2.05, 4.69) is 10.3 Å². The third kappa shape index (κ3) is 4.23. The van der Waals surface area contributed by atoms with Crippen LogP contribution in [0.3, 0.4) is 0 Å². The molecular formula is C26H25FN4O4. The van der Waals surface area contributed by atoms with Gasteiger partial charge in [-0.3, -0.25) is 14.4 Å². The molecule has 1 saturated carbocycles. The van der Waals surface area contributed by atoms with Gasteiger partial charge >= 0.3 is 0 Å². The number of carbonyl (C=O) groups is 3. The number of hydrogen-bond donors (Lipinski definition) is 2. The molecule has 3 aromatic rings. The maximum absolute atomic E-state index is 13.9. The molecule has 2 heterocycles. The molecule has 0 spiro atoms. The van der Waals surface area contributed by atoms with E-state index in [9.17, 15) is 18.8 Å². The number of nitrogens with zero attached hydrogens (tertiary/aromatic N) is 2. The second kappa shape index (κ2) is 9.07. The average molecular weight is 477 g/mol. The Balaban J connectivity index is 1.58. The van der Waals surface area contributed by atoms with Gasteiger partial charge in [-0.2, -0.15) is 0 Å². The number of fused-ring (bicyclic) bond motifs is 1. The SMILES string of the molecule is NC(=O)c1ccc(-n2ccnc2)cc1C(Cc1ccc(F)cc1)C(=O)NC12CCCC1OCC2=O. The van der Waals surface area contributed by atoms with Crippen LogP contribution in [0, 0.1) is 5.82 Å². The van der Waals surface area contributed by atoms with Crippen LogP contribution in [0.1, 0.15) is 46.7 Å². The fraction of sp³-hybridized carbons (Fsp3) is 0.308. The van der Waals surface area contributed by atoms with Crippen molar-refractivity contribution in [2.75, 3.05) is 6.61 Å². The van der Waals surface area contributed by atoms with Crippen molar-refractivity contribution in [3.05, 3.63) is 83.7 Å². The van der Waals surface area contributed by atoms with Crippen LogP contribution in [0.5, 0.6) is 0 Å². The zero-order valence-electron chi connectivity index (χ0n) is 18.9. The van der Waals surface area contributed by atoms with Crippen molar-refractivity contribution in [2.45, 2.75) is 43.2 Å². The lowest BCUT2D eigenvalue weighted by molar-refractivity contribution is -0.130. The lowest BCUT2D eigenvalue weighted by atomic mass is 9.85. The van der Waals surface area contributed by atoms with Crippen LogP contribution in [-0.4, -0.2) is 45.4 Å². The molecule has 5 rings (SSSR count). The Morgan fingerprint density at radius 2 is 2.06 bits per heavy atom. The lowest BCUT2D eigenvalue weighted by Crippen LogP contribution is -2.57. The number of amides is 2. The Labute approximate surface area is 201 Å². The number of Topliss-reactive ketones (excluding diaryl/α,β-unsaturated/α-hetero) is 1. The zero-order valence-corrected chi connectivity index (χ0v) is 18.9. The Hall–Kier alpha value is -3.85. The smallest absolute Gasteiger partial charge is 0.249 e. The van der Waals surface area contributed by atoms with E-state index in [1.807, 2.05) is 0 Å². The monoisotopic (exact) mass is 476 g/mol. The summed E-state index contributed by atoms with van der Waals surface area (Å²) in [6.45, 7) is -0.0315. The molecule has 35 heavy (non-hydrogen) atoms. The van der Waals surface area contributed by atoms with Crippen molar-refractivity contribution in [1.29, 1.82) is 0 Å². The molecule has 1 aliphatic heterocycles. The Morgan fingerprint density at radius 3 is 2.77 bits per heavy atom. The Bertz CT molecular complexity index is 1280. The van der Waals surface area contributed by atoms with Crippen molar-refractivity contribution in [2.24, 2.45) is 5.73 Å². The van der Waals surface area contributed by atoms with Crippen LogP contribution in [0.15, 0.2) is 61.2 Å². The first kappa shape index (κ1) is 22.9. The molecule has 0 bridgehead atoms. The number of carbonyl (C=O) groups excluding carboxylic acids is 3. The van der Waals surface area contributed by atoms with Crippen molar-refractivity contribution >= 4 is 17.6 Å². The summed E-state index contributed by atoms with van der Waals surface area (Å²) in [6, 6.07) is 10.9. The number of ether oxygens (including phenoxy) is 1. The van der Waals surface area contributed by atoms with Crippen molar-refractivity contribution < 1.29 is 23.5 Å². The van der Waals surface area contributed by atoms with Gasteiger partial charge in [0, 0.05) is 23.6 Å². The van der Waals surface area contributed by atoms with Gasteiger partial charge < -0.3 is 20.4 Å². The quantitative estimate of drug-likeness (QED) is 0.543. The third-order valence-corrected chi connectivity index (χ3v) is 6.99. The van der Waals surface area contributed by atoms with Crippen LogP contribution < -0.4 is 11.1 Å². The summed E-state index contributed by atoms with van der Waals surface area (Å²) in [5, 5.41) is 3.00. The molecule has 2 amide bonds. The van der Waals surface area contributed by atoms with Gasteiger partial charge in [0.15, 0.2) is 5.78 Å². The van der Waals surface area contributed by atoms with Gasteiger partial charge in [0.2, 0.25) is 11.8 Å². The number of nitrogens with one attached hydrogen (secondary N) is 1. The van der Waals surface area contributed by atoms with E-state index in [0.29, 0.717) is 29.7 Å². The molecule has 1 aromatic heterocycles. The molecule has 8 nitrogen and oxygen atoms in total. The second-order valence-corrected chi connectivity index (χ2v) is 9.06. The first-order chi connectivity index (χ1) is 16.9. The molecular weight excluding hydrogens is 451 g/mol.